The first-order valence-corrected chi connectivity index (χ1v) is 6.14. The normalized spacial score (nSPS) is 31.5. The van der Waals surface area contributed by atoms with E-state index < -0.39 is 0 Å². The van der Waals surface area contributed by atoms with Crippen molar-refractivity contribution < 1.29 is 5.11 Å². The van der Waals surface area contributed by atoms with Gasteiger partial charge in [0.2, 0.25) is 0 Å². The van der Waals surface area contributed by atoms with E-state index in [-0.39, 0.29) is 12.1 Å². The Kier molecular flexibility index (Phi) is 4.81. The van der Waals surface area contributed by atoms with E-state index in [1.807, 2.05) is 0 Å². The van der Waals surface area contributed by atoms with E-state index in [1.54, 1.807) is 0 Å². The van der Waals surface area contributed by atoms with Crippen LogP contribution in [-0.4, -0.2) is 23.8 Å². The highest BCUT2D eigenvalue weighted by Gasteiger charge is 2.33. The predicted molar refractivity (Wildman–Crippen MR) is 64.9 cm³/mol. The second-order valence-corrected chi connectivity index (χ2v) is 5.10. The Morgan fingerprint density at radius 2 is 2.33 bits per heavy atom. The summed E-state index contributed by atoms with van der Waals surface area (Å²) >= 11 is 0. The van der Waals surface area contributed by atoms with Crippen molar-refractivity contribution in [2.24, 2.45) is 5.92 Å². The molecule has 2 N–H and O–H groups in total. The SMILES string of the molecule is C=C(CC)CNC1(CO)CCCC(C)C1. The number of rotatable bonds is 5. The zero-order chi connectivity index (χ0) is 11.3. The van der Waals surface area contributed by atoms with E-state index in [0.29, 0.717) is 0 Å². The average Bonchev–Trinajstić information content (AvgIpc) is 2.26. The maximum Gasteiger partial charge on any atom is 0.0613 e. The minimum absolute atomic E-state index is 0.0320. The first-order chi connectivity index (χ1) is 7.12. The van der Waals surface area contributed by atoms with E-state index in [9.17, 15) is 5.11 Å². The van der Waals surface area contributed by atoms with Crippen LogP contribution < -0.4 is 5.32 Å². The van der Waals surface area contributed by atoms with Gasteiger partial charge < -0.3 is 10.4 Å². The lowest BCUT2D eigenvalue weighted by molar-refractivity contribution is 0.102. The minimum atomic E-state index is -0.0320. The minimum Gasteiger partial charge on any atom is -0.394 e. The fourth-order valence-corrected chi connectivity index (χ4v) is 2.46. The number of nitrogens with one attached hydrogen (secondary N) is 1. The summed E-state index contributed by atoms with van der Waals surface area (Å²) in [5, 5.41) is 13.1. The molecule has 0 spiro atoms. The van der Waals surface area contributed by atoms with E-state index in [4.69, 9.17) is 0 Å². The summed E-state index contributed by atoms with van der Waals surface area (Å²) in [6.07, 6.45) is 5.75. The Bertz CT molecular complexity index is 215. The van der Waals surface area contributed by atoms with Crippen LogP contribution in [0.4, 0.5) is 0 Å². The van der Waals surface area contributed by atoms with Gasteiger partial charge in [-0.05, 0) is 25.2 Å². The van der Waals surface area contributed by atoms with Crippen LogP contribution in [0.2, 0.25) is 0 Å². The molecule has 0 amide bonds. The highest BCUT2D eigenvalue weighted by atomic mass is 16.3. The van der Waals surface area contributed by atoms with Crippen molar-refractivity contribution in [3.05, 3.63) is 12.2 Å². The van der Waals surface area contributed by atoms with Gasteiger partial charge in [-0.1, -0.05) is 38.8 Å². The Labute approximate surface area is 93.8 Å². The largest absolute Gasteiger partial charge is 0.394 e. The Hall–Kier alpha value is -0.340. The fraction of sp³-hybridized carbons (Fsp3) is 0.846. The lowest BCUT2D eigenvalue weighted by atomic mass is 9.76. The first-order valence-electron chi connectivity index (χ1n) is 6.14. The lowest BCUT2D eigenvalue weighted by Crippen LogP contribution is -2.51. The van der Waals surface area contributed by atoms with E-state index in [0.717, 1.165) is 31.7 Å². The quantitative estimate of drug-likeness (QED) is 0.685. The third-order valence-electron chi connectivity index (χ3n) is 3.61. The maximum atomic E-state index is 9.55. The monoisotopic (exact) mass is 211 g/mol. The van der Waals surface area contributed by atoms with Crippen molar-refractivity contribution in [3.63, 3.8) is 0 Å². The molecule has 1 aliphatic rings. The molecule has 2 heteroatoms. The number of aliphatic hydroxyl groups is 1. The summed E-state index contributed by atoms with van der Waals surface area (Å²) in [5.41, 5.74) is 1.19. The van der Waals surface area contributed by atoms with Gasteiger partial charge in [-0.25, -0.2) is 0 Å². The van der Waals surface area contributed by atoms with Crippen molar-refractivity contribution >= 4 is 0 Å². The molecule has 0 aromatic heterocycles. The maximum absolute atomic E-state index is 9.55. The highest BCUT2D eigenvalue weighted by molar-refractivity contribution is 5.00. The van der Waals surface area contributed by atoms with Crippen molar-refractivity contribution in [2.45, 2.75) is 51.5 Å². The third kappa shape index (κ3) is 3.62. The topological polar surface area (TPSA) is 32.3 Å². The van der Waals surface area contributed by atoms with Gasteiger partial charge in [0.1, 0.15) is 0 Å². The molecule has 2 nitrogen and oxygen atoms in total. The molecule has 0 bridgehead atoms. The molecule has 15 heavy (non-hydrogen) atoms. The molecule has 0 aromatic rings. The first kappa shape index (κ1) is 12.7. The summed E-state index contributed by atoms with van der Waals surface area (Å²) in [5.74, 6) is 0.730. The molecular formula is C13H25NO. The van der Waals surface area contributed by atoms with Crippen LogP contribution in [-0.2, 0) is 0 Å². The molecule has 2 unspecified atom stereocenters. The van der Waals surface area contributed by atoms with Crippen molar-refractivity contribution in [3.8, 4) is 0 Å². The molecule has 0 aromatic carbocycles. The fourth-order valence-electron chi connectivity index (χ4n) is 2.46. The summed E-state index contributed by atoms with van der Waals surface area (Å²) in [6, 6.07) is 0. The molecular weight excluding hydrogens is 186 g/mol. The predicted octanol–water partition coefficient (Wildman–Crippen LogP) is 2.48. The smallest absolute Gasteiger partial charge is 0.0613 e. The van der Waals surface area contributed by atoms with Crippen LogP contribution in [0.15, 0.2) is 12.2 Å². The Balaban J connectivity index is 2.48. The number of aliphatic hydroxyl groups excluding tert-OH is 1. The molecule has 1 saturated carbocycles. The van der Waals surface area contributed by atoms with Gasteiger partial charge in [0.15, 0.2) is 0 Å². The zero-order valence-electron chi connectivity index (χ0n) is 10.2. The van der Waals surface area contributed by atoms with Gasteiger partial charge in [-0.2, -0.15) is 0 Å². The summed E-state index contributed by atoms with van der Waals surface area (Å²) < 4.78 is 0. The average molecular weight is 211 g/mol. The van der Waals surface area contributed by atoms with Crippen LogP contribution in [0.25, 0.3) is 0 Å². The molecule has 1 aliphatic carbocycles. The molecule has 88 valence electrons. The number of hydrogen-bond donors (Lipinski definition) is 2. The van der Waals surface area contributed by atoms with Gasteiger partial charge in [0, 0.05) is 12.1 Å². The van der Waals surface area contributed by atoms with E-state index in [1.165, 1.54) is 18.4 Å². The molecule has 0 heterocycles. The molecule has 0 saturated heterocycles. The molecule has 0 aliphatic heterocycles. The Morgan fingerprint density at radius 1 is 1.60 bits per heavy atom. The molecule has 0 radical (unpaired) electrons. The van der Waals surface area contributed by atoms with Crippen LogP contribution >= 0.6 is 0 Å². The second-order valence-electron chi connectivity index (χ2n) is 5.10. The summed E-state index contributed by atoms with van der Waals surface area (Å²) in [4.78, 5) is 0. The van der Waals surface area contributed by atoms with Gasteiger partial charge in [0.25, 0.3) is 0 Å². The van der Waals surface area contributed by atoms with Crippen molar-refractivity contribution in [1.82, 2.24) is 5.32 Å². The second kappa shape index (κ2) is 5.66. The van der Waals surface area contributed by atoms with Gasteiger partial charge in [-0.3, -0.25) is 0 Å². The molecule has 1 rings (SSSR count). The van der Waals surface area contributed by atoms with Crippen molar-refractivity contribution in [2.75, 3.05) is 13.2 Å². The van der Waals surface area contributed by atoms with Gasteiger partial charge in [0.05, 0.1) is 6.61 Å². The van der Waals surface area contributed by atoms with Gasteiger partial charge in [-0.15, -0.1) is 0 Å². The number of hydrogen-bond acceptors (Lipinski definition) is 2. The van der Waals surface area contributed by atoms with Crippen LogP contribution in [0.5, 0.6) is 0 Å². The third-order valence-corrected chi connectivity index (χ3v) is 3.61. The standard InChI is InChI=1S/C13H25NO/c1-4-11(2)9-14-13(10-15)7-5-6-12(3)8-13/h12,14-15H,2,4-10H2,1,3H3. The summed E-state index contributed by atoms with van der Waals surface area (Å²) in [6.45, 7) is 9.51. The Morgan fingerprint density at radius 3 is 2.87 bits per heavy atom. The van der Waals surface area contributed by atoms with Crippen LogP contribution in [0.1, 0.15) is 46.0 Å². The molecule has 2 atom stereocenters. The van der Waals surface area contributed by atoms with Gasteiger partial charge >= 0.3 is 0 Å². The van der Waals surface area contributed by atoms with Crippen LogP contribution in [0.3, 0.4) is 0 Å². The van der Waals surface area contributed by atoms with Crippen molar-refractivity contribution in [1.29, 1.82) is 0 Å². The van der Waals surface area contributed by atoms with E-state index >= 15 is 0 Å². The van der Waals surface area contributed by atoms with E-state index in [2.05, 4.69) is 25.7 Å². The zero-order valence-corrected chi connectivity index (χ0v) is 10.2. The lowest BCUT2D eigenvalue weighted by Gasteiger charge is -2.39. The summed E-state index contributed by atoms with van der Waals surface area (Å²) in [7, 11) is 0. The van der Waals surface area contributed by atoms with Crippen LogP contribution in [0, 0.1) is 5.92 Å². The molecule has 1 fully saturated rings. The highest BCUT2D eigenvalue weighted by Crippen LogP contribution is 2.31.